The molecule has 0 spiro atoms. The first kappa shape index (κ1) is 25.7. The number of carbonyl (C=O) groups is 1. The highest BCUT2D eigenvalue weighted by atomic mass is 32.1. The third kappa shape index (κ3) is 7.52. The lowest BCUT2D eigenvalue weighted by atomic mass is 9.88. The van der Waals surface area contributed by atoms with Gasteiger partial charge in [-0.15, -0.1) is 0 Å². The van der Waals surface area contributed by atoms with Crippen LogP contribution in [0, 0.1) is 33.6 Å². The number of nitrogens with one attached hydrogen (secondary N) is 1. The first-order chi connectivity index (χ1) is 15.3. The van der Waals surface area contributed by atoms with Crippen LogP contribution in [0.15, 0.2) is 42.6 Å². The van der Waals surface area contributed by atoms with Crippen molar-refractivity contribution in [2.24, 2.45) is 5.92 Å². The highest BCUT2D eigenvalue weighted by Gasteiger charge is 2.50. The van der Waals surface area contributed by atoms with E-state index >= 15 is 0 Å². The Morgan fingerprint density at radius 3 is 2.34 bits per heavy atom. The molecule has 1 saturated carbocycles. The van der Waals surface area contributed by atoms with Crippen LogP contribution in [0.3, 0.4) is 0 Å². The zero-order valence-electron chi connectivity index (χ0n) is 20.2. The van der Waals surface area contributed by atoms with Gasteiger partial charge in [0.1, 0.15) is 10.8 Å². The number of hydrogen-bond acceptors (Lipinski definition) is 5. The second-order valence-electron chi connectivity index (χ2n) is 8.51. The predicted octanol–water partition coefficient (Wildman–Crippen LogP) is 6.58. The lowest BCUT2D eigenvalue weighted by Crippen LogP contribution is -2.08. The molecule has 0 aliphatic heterocycles. The fraction of sp³-hybridized carbons (Fsp3) is 0.462. The molecule has 172 valence electrons. The smallest absolute Gasteiger partial charge is 0.212 e. The van der Waals surface area contributed by atoms with Crippen molar-refractivity contribution in [3.05, 3.63) is 70.9 Å². The van der Waals surface area contributed by atoms with Crippen LogP contribution in [0.2, 0.25) is 0 Å². The Hall–Kier alpha value is -2.60. The van der Waals surface area contributed by atoms with E-state index in [1.165, 1.54) is 37.2 Å². The molecule has 1 fully saturated rings. The molecule has 1 aliphatic rings. The standard InChI is InChI=1S/C14H20.C7H10N2.C5H6N2OS/c1-3-4-10-14(11-12(14)2)13-8-6-5-7-9-13;1-5-4-8-7(3)9-6(5)2;1-4-2-5(6-3-8)9-7-4/h5-9,12H,3-4,10-11H2,1-2H3;4H,1-3H3;2-3H,1H3,(H,6,8)/t12?,14-;;/m1../s1. The molecule has 3 aromatic rings. The first-order valence-corrected chi connectivity index (χ1v) is 12.1. The largest absolute Gasteiger partial charge is 0.319 e. The van der Waals surface area contributed by atoms with Crippen molar-refractivity contribution in [2.75, 3.05) is 5.32 Å². The number of amides is 1. The number of rotatable bonds is 6. The highest BCUT2D eigenvalue weighted by molar-refractivity contribution is 7.10. The Morgan fingerprint density at radius 2 is 1.88 bits per heavy atom. The topological polar surface area (TPSA) is 67.8 Å². The number of aryl methyl sites for hydroxylation is 4. The number of carbonyl (C=O) groups excluding carboxylic acids is 1. The van der Waals surface area contributed by atoms with Crippen molar-refractivity contribution in [3.63, 3.8) is 0 Å². The van der Waals surface area contributed by atoms with Gasteiger partial charge in [-0.3, -0.25) is 4.79 Å². The molecular weight excluding hydrogens is 416 g/mol. The molecule has 1 aliphatic carbocycles. The molecule has 1 amide bonds. The van der Waals surface area contributed by atoms with E-state index in [1.54, 1.807) is 5.56 Å². The van der Waals surface area contributed by atoms with Crippen LogP contribution in [-0.4, -0.2) is 20.8 Å². The van der Waals surface area contributed by atoms with Gasteiger partial charge >= 0.3 is 0 Å². The minimum atomic E-state index is 0.553. The van der Waals surface area contributed by atoms with Gasteiger partial charge in [0.25, 0.3) is 0 Å². The van der Waals surface area contributed by atoms with Crippen LogP contribution in [0.4, 0.5) is 5.00 Å². The molecule has 2 aromatic heterocycles. The fourth-order valence-electron chi connectivity index (χ4n) is 3.78. The average Bonchev–Trinajstić information content (AvgIpc) is 3.27. The molecule has 32 heavy (non-hydrogen) atoms. The third-order valence-corrected chi connectivity index (χ3v) is 6.76. The minimum Gasteiger partial charge on any atom is -0.319 e. The summed E-state index contributed by atoms with van der Waals surface area (Å²) in [4.78, 5) is 18.0. The summed E-state index contributed by atoms with van der Waals surface area (Å²) in [5.41, 5.74) is 5.28. The van der Waals surface area contributed by atoms with Gasteiger partial charge in [-0.25, -0.2) is 9.97 Å². The van der Waals surface area contributed by atoms with Crippen LogP contribution in [0.1, 0.15) is 67.9 Å². The Balaban J connectivity index is 0.000000178. The Kier molecular flexibility index (Phi) is 9.97. The summed E-state index contributed by atoms with van der Waals surface area (Å²) in [5, 5.41) is 3.30. The van der Waals surface area contributed by atoms with E-state index in [9.17, 15) is 4.79 Å². The van der Waals surface area contributed by atoms with E-state index < -0.39 is 0 Å². The molecule has 6 heteroatoms. The van der Waals surface area contributed by atoms with Crippen LogP contribution in [-0.2, 0) is 10.2 Å². The van der Waals surface area contributed by atoms with Crippen LogP contribution in [0.5, 0.6) is 0 Å². The summed E-state index contributed by atoms with van der Waals surface area (Å²) in [5.74, 6) is 1.74. The maximum Gasteiger partial charge on any atom is 0.212 e. The summed E-state index contributed by atoms with van der Waals surface area (Å²) in [6, 6.07) is 12.9. The summed E-state index contributed by atoms with van der Waals surface area (Å²) in [7, 11) is 0. The van der Waals surface area contributed by atoms with Crippen molar-refractivity contribution in [1.82, 2.24) is 14.3 Å². The van der Waals surface area contributed by atoms with E-state index in [0.717, 1.165) is 33.7 Å². The molecule has 5 nitrogen and oxygen atoms in total. The number of hydrogen-bond donors (Lipinski definition) is 1. The molecule has 1 aromatic carbocycles. The molecule has 2 atom stereocenters. The fourth-order valence-corrected chi connectivity index (χ4v) is 4.40. The number of anilines is 1. The molecular formula is C26H36N4OS. The lowest BCUT2D eigenvalue weighted by molar-refractivity contribution is -0.105. The van der Waals surface area contributed by atoms with Gasteiger partial charge in [0.2, 0.25) is 6.41 Å². The number of benzene rings is 1. The SMILES string of the molecule is CCCC[C@@]1(c2ccccc2)CC1C.Cc1cc(NC=O)sn1.Cc1ncc(C)c(C)n1. The Morgan fingerprint density at radius 1 is 1.19 bits per heavy atom. The summed E-state index contributed by atoms with van der Waals surface area (Å²) in [6.45, 7) is 12.5. The molecule has 0 radical (unpaired) electrons. The van der Waals surface area contributed by atoms with Gasteiger partial charge in [-0.05, 0) is 80.6 Å². The quantitative estimate of drug-likeness (QED) is 0.429. The molecule has 0 saturated heterocycles. The molecule has 1 N–H and O–H groups in total. The summed E-state index contributed by atoms with van der Waals surface area (Å²) < 4.78 is 3.96. The van der Waals surface area contributed by atoms with Gasteiger partial charge < -0.3 is 5.32 Å². The zero-order chi connectivity index (χ0) is 23.6. The van der Waals surface area contributed by atoms with Gasteiger partial charge in [0, 0.05) is 11.9 Å². The van der Waals surface area contributed by atoms with Crippen LogP contribution in [0.25, 0.3) is 0 Å². The predicted molar refractivity (Wildman–Crippen MR) is 134 cm³/mol. The summed E-state index contributed by atoms with van der Waals surface area (Å²) >= 11 is 1.28. The number of unbranched alkanes of at least 4 members (excludes halogenated alkanes) is 1. The van der Waals surface area contributed by atoms with Crippen molar-refractivity contribution >= 4 is 22.9 Å². The van der Waals surface area contributed by atoms with Gasteiger partial charge in [0.15, 0.2) is 0 Å². The molecule has 4 rings (SSSR count). The van der Waals surface area contributed by atoms with Crippen molar-refractivity contribution in [1.29, 1.82) is 0 Å². The first-order valence-electron chi connectivity index (χ1n) is 11.3. The van der Waals surface area contributed by atoms with E-state index in [4.69, 9.17) is 0 Å². The Bertz CT molecular complexity index is 973. The van der Waals surface area contributed by atoms with Crippen molar-refractivity contribution < 1.29 is 4.79 Å². The highest BCUT2D eigenvalue weighted by Crippen LogP contribution is 2.57. The van der Waals surface area contributed by atoms with Gasteiger partial charge in [0.05, 0.1) is 5.69 Å². The lowest BCUT2D eigenvalue weighted by Gasteiger charge is -2.16. The number of aromatic nitrogens is 3. The van der Waals surface area contributed by atoms with E-state index in [2.05, 4.69) is 63.8 Å². The van der Waals surface area contributed by atoms with E-state index in [1.807, 2.05) is 40.0 Å². The molecule has 0 bridgehead atoms. The maximum atomic E-state index is 9.85. The van der Waals surface area contributed by atoms with Gasteiger partial charge in [-0.1, -0.05) is 57.0 Å². The van der Waals surface area contributed by atoms with Crippen LogP contribution < -0.4 is 5.32 Å². The Labute approximate surface area is 196 Å². The van der Waals surface area contributed by atoms with Crippen molar-refractivity contribution in [2.45, 2.75) is 72.6 Å². The average molecular weight is 453 g/mol. The number of nitrogens with zero attached hydrogens (tertiary/aromatic N) is 3. The second kappa shape index (κ2) is 12.4. The molecule has 2 heterocycles. The van der Waals surface area contributed by atoms with Gasteiger partial charge in [-0.2, -0.15) is 4.37 Å². The van der Waals surface area contributed by atoms with Crippen molar-refractivity contribution in [3.8, 4) is 0 Å². The second-order valence-corrected chi connectivity index (χ2v) is 9.32. The molecule has 1 unspecified atom stereocenters. The maximum absolute atomic E-state index is 9.85. The summed E-state index contributed by atoms with van der Waals surface area (Å²) in [6.07, 6.45) is 7.97. The monoisotopic (exact) mass is 452 g/mol. The van der Waals surface area contributed by atoms with E-state index in [-0.39, 0.29) is 0 Å². The zero-order valence-corrected chi connectivity index (χ0v) is 21.0. The van der Waals surface area contributed by atoms with Crippen LogP contribution >= 0.6 is 11.5 Å². The third-order valence-electron chi connectivity index (χ3n) is 5.95. The minimum absolute atomic E-state index is 0.553. The van der Waals surface area contributed by atoms with E-state index in [0.29, 0.717) is 11.8 Å². The normalized spacial score (nSPS) is 18.5.